The molecular weight excluding hydrogens is 1340 g/mol. The molecule has 0 spiro atoms. The molecule has 9 atom stereocenters. The first-order valence-electron chi connectivity index (χ1n) is 34.5. The van der Waals surface area contributed by atoms with E-state index in [0.717, 1.165) is 0 Å². The lowest BCUT2D eigenvalue weighted by atomic mass is 9.85. The quantitative estimate of drug-likeness (QED) is 0.0330. The standard InChI is InChI=1S/C41H69N7O6Si2.C29H46N6O4Si2.CO2/c1-38(2,3)29(46-37(50)52-39(4,5)6)22-23-42-24-28-31(53-55(13,14)40(7,8)9)32(54-56(15,16)41(10,11)12)36(51-28)48-26-45-30-33(43-25-44-34(30)48)47-35(49)27-20-18-17-19-21-27;1-28(2,3)40(7,8)38-22-20(16-30)37-27(23(22)39-41(9,10)29(4,5)6)35-18-33-21-24(31-17-32-25(21)35)34-26(36)19-14-12-11-13-15-19;2-1-3/h17-21,25-26,28-29,31-32,36,42H,22-24H2,1-16H3,(H,46,50)(H,43,44,47,49);11-15,17-18,20,22-23,27H,16,30H2,1-10H3,(H,31,32,34,36);/t28-,29+,31-,32-,36-;20-,22-,23-,27-;/m11./s1. The number of ether oxygens (including phenoxy) is 3. The van der Waals surface area contributed by atoms with Crippen molar-refractivity contribution in [1.82, 2.24) is 49.7 Å². The molecule has 0 unspecified atom stereocenters. The van der Waals surface area contributed by atoms with Gasteiger partial charge in [-0.25, -0.2) is 34.7 Å². The molecule has 6 heterocycles. The maximum Gasteiger partial charge on any atom is 0.407 e. The van der Waals surface area contributed by atoms with Crippen LogP contribution in [0.4, 0.5) is 16.4 Å². The van der Waals surface area contributed by atoms with Crippen molar-refractivity contribution in [3.05, 3.63) is 97.1 Å². The number of hydrogen-bond acceptors (Lipinski definition) is 20. The molecule has 2 aliphatic rings. The van der Waals surface area contributed by atoms with Gasteiger partial charge in [0, 0.05) is 30.3 Å². The SMILES string of the molecule is CC(C)(C)OC(=O)N[C@@H](CCNC[C@H]1O[C@@H](n2cnc3c(NC(=O)c4ccccc4)ncnc32)[C@H](O[Si](C)(C)C(C)(C)C)[C@@H]1O[Si](C)(C)C(C)(C)C)C(C)(C)C.CC(C)(C)[Si](C)(C)O[C@@H]1[C@H](O[Si](C)(C)C(C)(C)C)[C@@H](CN)O[C@H]1n1cnc2c(NC(=O)c3ccccc3)ncnc21.O=C=O. The number of nitrogens with one attached hydrogen (secondary N) is 4. The topological polar surface area (TPSA) is 311 Å². The van der Waals surface area contributed by atoms with Crippen LogP contribution in [-0.4, -0.2) is 164 Å². The molecule has 552 valence electrons. The largest absolute Gasteiger partial charge is 0.444 e. The predicted molar refractivity (Wildman–Crippen MR) is 400 cm³/mol. The molecule has 2 aliphatic heterocycles. The van der Waals surface area contributed by atoms with Crippen molar-refractivity contribution >= 4 is 91.3 Å². The van der Waals surface area contributed by atoms with Crippen molar-refractivity contribution in [2.75, 3.05) is 30.3 Å². The van der Waals surface area contributed by atoms with Crippen LogP contribution >= 0.6 is 0 Å². The van der Waals surface area contributed by atoms with Crippen LogP contribution < -0.4 is 27.0 Å². The van der Waals surface area contributed by atoms with Gasteiger partial charge in [-0.05, 0) is 136 Å². The molecule has 8 rings (SSSR count). The first kappa shape index (κ1) is 82.6. The Morgan fingerprint density at radius 1 is 0.530 bits per heavy atom. The zero-order valence-corrected chi connectivity index (χ0v) is 68.2. The predicted octanol–water partition coefficient (Wildman–Crippen LogP) is 13.8. The van der Waals surface area contributed by atoms with Gasteiger partial charge in [0.2, 0.25) is 0 Å². The van der Waals surface area contributed by atoms with E-state index in [1.807, 2.05) is 66.3 Å². The maximum atomic E-state index is 13.2. The molecule has 29 heteroatoms. The number of imidazole rings is 2. The number of aromatic nitrogens is 8. The van der Waals surface area contributed by atoms with E-state index < -0.39 is 81.8 Å². The number of benzene rings is 2. The highest BCUT2D eigenvalue weighted by Gasteiger charge is 2.56. The molecule has 2 aromatic carbocycles. The molecule has 0 radical (unpaired) electrons. The molecule has 6 aromatic rings. The number of nitrogens with two attached hydrogens (primary N) is 1. The fourth-order valence-corrected chi connectivity index (χ4v) is 15.5. The van der Waals surface area contributed by atoms with E-state index in [1.54, 1.807) is 36.9 Å². The Labute approximate surface area is 596 Å². The van der Waals surface area contributed by atoms with Gasteiger partial charge in [-0.2, -0.15) is 9.59 Å². The maximum absolute atomic E-state index is 13.2. The Hall–Kier alpha value is -6.32. The van der Waals surface area contributed by atoms with E-state index in [2.05, 4.69) is 202 Å². The normalized spacial score (nSPS) is 20.8. The van der Waals surface area contributed by atoms with Crippen LogP contribution in [0, 0.1) is 5.41 Å². The number of rotatable bonds is 21. The van der Waals surface area contributed by atoms with E-state index in [-0.39, 0.29) is 68.3 Å². The Bertz CT molecular complexity index is 3730. The molecule has 0 saturated carbocycles. The third-order valence-electron chi connectivity index (χ3n) is 20.2. The molecule has 100 heavy (non-hydrogen) atoms. The van der Waals surface area contributed by atoms with Crippen molar-refractivity contribution < 1.29 is 55.9 Å². The van der Waals surface area contributed by atoms with Gasteiger partial charge in [0.15, 0.2) is 79.7 Å². The van der Waals surface area contributed by atoms with Crippen LogP contribution in [-0.2, 0) is 41.5 Å². The first-order valence-corrected chi connectivity index (χ1v) is 46.1. The van der Waals surface area contributed by atoms with Gasteiger partial charge in [0.05, 0.1) is 18.8 Å². The molecule has 3 amide bonds. The molecule has 2 saturated heterocycles. The van der Waals surface area contributed by atoms with Crippen molar-refractivity contribution in [3.8, 4) is 0 Å². The van der Waals surface area contributed by atoms with Crippen molar-refractivity contribution in [1.29, 1.82) is 0 Å². The third-order valence-corrected chi connectivity index (χ3v) is 38.1. The highest BCUT2D eigenvalue weighted by atomic mass is 28.4. The molecule has 2 fully saturated rings. The summed E-state index contributed by atoms with van der Waals surface area (Å²) in [7, 11) is -9.26. The monoisotopic (exact) mass is 1450 g/mol. The second kappa shape index (κ2) is 32.1. The zero-order valence-electron chi connectivity index (χ0n) is 64.2. The average molecular weight is 1460 g/mol. The van der Waals surface area contributed by atoms with Gasteiger partial charge in [0.1, 0.15) is 48.8 Å². The number of hydrogen-bond donors (Lipinski definition) is 5. The van der Waals surface area contributed by atoms with E-state index in [4.69, 9.17) is 52.2 Å². The first-order chi connectivity index (χ1) is 46.0. The van der Waals surface area contributed by atoms with Crippen molar-refractivity contribution in [2.24, 2.45) is 11.1 Å². The van der Waals surface area contributed by atoms with Crippen molar-refractivity contribution in [2.45, 2.75) is 264 Å². The summed E-state index contributed by atoms with van der Waals surface area (Å²) in [6, 6.07) is 17.8. The number of carbonyl (C=O) groups excluding carboxylic acids is 5. The third kappa shape index (κ3) is 20.5. The minimum Gasteiger partial charge on any atom is -0.444 e. The second-order valence-corrected chi connectivity index (χ2v) is 53.1. The summed E-state index contributed by atoms with van der Waals surface area (Å²) in [5.74, 6) is 0.0675. The number of nitrogens with zero attached hydrogens (tertiary/aromatic N) is 8. The molecule has 4 aromatic heterocycles. The van der Waals surface area contributed by atoms with Crippen LogP contribution in [0.3, 0.4) is 0 Å². The van der Waals surface area contributed by atoms with E-state index in [1.165, 1.54) is 12.7 Å². The van der Waals surface area contributed by atoms with Gasteiger partial charge in [0.25, 0.3) is 11.8 Å². The molecule has 0 bridgehead atoms. The summed E-state index contributed by atoms with van der Waals surface area (Å²) < 4.78 is 51.8. The van der Waals surface area contributed by atoms with Crippen LogP contribution in [0.2, 0.25) is 72.5 Å². The van der Waals surface area contributed by atoms with E-state index in [0.29, 0.717) is 64.6 Å². The lowest BCUT2D eigenvalue weighted by Gasteiger charge is -2.44. The van der Waals surface area contributed by atoms with Gasteiger partial charge in [-0.3, -0.25) is 18.7 Å². The van der Waals surface area contributed by atoms with Gasteiger partial charge in [-0.1, -0.05) is 140 Å². The number of amides is 3. The van der Waals surface area contributed by atoms with Crippen LogP contribution in [0.1, 0.15) is 164 Å². The minimum absolute atomic E-state index is 0.00739. The molecule has 6 N–H and O–H groups in total. The second-order valence-electron chi connectivity index (χ2n) is 34.1. The van der Waals surface area contributed by atoms with Gasteiger partial charge < -0.3 is 58.9 Å². The smallest absolute Gasteiger partial charge is 0.407 e. The summed E-state index contributed by atoms with van der Waals surface area (Å²) in [4.78, 5) is 82.3. The average Bonchev–Trinajstić information content (AvgIpc) is 1.60. The molecular formula is C71H115N13O12Si4. The summed E-state index contributed by atoms with van der Waals surface area (Å²) >= 11 is 0. The fraction of sp³-hybridized carbons (Fsp3) is 0.634. The minimum atomic E-state index is -2.40. The van der Waals surface area contributed by atoms with Crippen LogP contribution in [0.25, 0.3) is 22.3 Å². The Balaban J connectivity index is 0.000000316. The Morgan fingerprint density at radius 2 is 0.880 bits per heavy atom. The van der Waals surface area contributed by atoms with Crippen LogP contribution in [0.5, 0.6) is 0 Å². The number of carbonyl (C=O) groups is 3. The molecule has 0 aliphatic carbocycles. The number of fused-ring (bicyclic) bond motifs is 2. The molecule has 25 nitrogen and oxygen atoms in total. The zero-order chi connectivity index (χ0) is 75.2. The number of anilines is 2. The summed E-state index contributed by atoms with van der Waals surface area (Å²) in [6.07, 6.45) is 3.01. The van der Waals surface area contributed by atoms with Crippen LogP contribution in [0.15, 0.2) is 86.0 Å². The fourth-order valence-electron chi connectivity index (χ4n) is 10.3. The number of alkyl carbamates (subject to hydrolysis) is 1. The van der Waals surface area contributed by atoms with E-state index in [9.17, 15) is 14.4 Å². The van der Waals surface area contributed by atoms with E-state index >= 15 is 0 Å². The Morgan fingerprint density at radius 3 is 1.22 bits per heavy atom. The highest BCUT2D eigenvalue weighted by molar-refractivity contribution is 6.75. The summed E-state index contributed by atoms with van der Waals surface area (Å²) in [5.41, 5.74) is 8.49. The van der Waals surface area contributed by atoms with Gasteiger partial charge >= 0.3 is 12.2 Å². The summed E-state index contributed by atoms with van der Waals surface area (Å²) in [5, 5.41) is 12.3. The van der Waals surface area contributed by atoms with Crippen molar-refractivity contribution in [3.63, 3.8) is 0 Å². The highest BCUT2D eigenvalue weighted by Crippen LogP contribution is 2.49. The summed E-state index contributed by atoms with van der Waals surface area (Å²) in [6.45, 7) is 58.0. The lowest BCUT2D eigenvalue weighted by Crippen LogP contribution is -2.54. The van der Waals surface area contributed by atoms with Gasteiger partial charge in [-0.15, -0.1) is 0 Å². The Kier molecular flexibility index (Phi) is 26.6. The lowest BCUT2D eigenvalue weighted by molar-refractivity contribution is -0.191.